The Bertz CT molecular complexity index is 872. The van der Waals surface area contributed by atoms with Gasteiger partial charge in [-0.05, 0) is 24.3 Å². The smallest absolute Gasteiger partial charge is 0.259 e. The predicted octanol–water partition coefficient (Wildman–Crippen LogP) is 1.16. The lowest BCUT2D eigenvalue weighted by Gasteiger charge is -2.04. The number of aromatic nitrogens is 3. The number of aliphatic hydroxyl groups is 1. The molecule has 0 amide bonds. The lowest BCUT2D eigenvalue weighted by Crippen LogP contribution is -2.11. The number of hydrogen-bond acceptors (Lipinski definition) is 5. The number of carbonyl (C=O) groups excluding carboxylic acids is 1. The third-order valence-electron chi connectivity index (χ3n) is 3.11. The summed E-state index contributed by atoms with van der Waals surface area (Å²) in [7, 11) is 0. The maximum absolute atomic E-state index is 12.1. The molecule has 0 fully saturated rings. The van der Waals surface area contributed by atoms with Crippen molar-refractivity contribution in [2.75, 3.05) is 6.61 Å². The van der Waals surface area contributed by atoms with Crippen molar-refractivity contribution in [2.45, 2.75) is 0 Å². The van der Waals surface area contributed by atoms with Crippen LogP contribution in [0.4, 0.5) is 0 Å². The normalized spacial score (nSPS) is 10.7. The van der Waals surface area contributed by atoms with Gasteiger partial charge in [0.25, 0.3) is 5.56 Å². The summed E-state index contributed by atoms with van der Waals surface area (Å²) in [6.07, 6.45) is 3.22. The van der Waals surface area contributed by atoms with Gasteiger partial charge in [-0.15, -0.1) is 0 Å². The highest BCUT2D eigenvalue weighted by Gasteiger charge is 2.09. The van der Waals surface area contributed by atoms with E-state index in [9.17, 15) is 9.59 Å². The highest BCUT2D eigenvalue weighted by molar-refractivity contribution is 5.99. The van der Waals surface area contributed by atoms with Crippen LogP contribution in [0.1, 0.15) is 10.4 Å². The standard InChI is InChI=1S/C15H11N3O3/c19-8-13(20)9-3-4-11-12(6-9)17-14(18-15(11)21)10-2-1-5-16-7-10/h1-7,19H,8H2,(H,17,18,21). The van der Waals surface area contributed by atoms with Crippen molar-refractivity contribution in [2.24, 2.45) is 0 Å². The fourth-order valence-corrected chi connectivity index (χ4v) is 2.04. The zero-order valence-electron chi connectivity index (χ0n) is 10.9. The van der Waals surface area contributed by atoms with Crippen LogP contribution in [-0.2, 0) is 0 Å². The molecule has 0 spiro atoms. The second kappa shape index (κ2) is 5.26. The minimum absolute atomic E-state index is 0.290. The number of hydrogen-bond donors (Lipinski definition) is 2. The first-order chi connectivity index (χ1) is 10.2. The number of carbonyl (C=O) groups is 1. The lowest BCUT2D eigenvalue weighted by molar-refractivity contribution is 0.0904. The number of H-pyrrole nitrogens is 1. The van der Waals surface area contributed by atoms with Gasteiger partial charge in [-0.3, -0.25) is 14.6 Å². The van der Waals surface area contributed by atoms with Gasteiger partial charge in [0.1, 0.15) is 12.4 Å². The molecular formula is C15H11N3O3. The van der Waals surface area contributed by atoms with Crippen molar-refractivity contribution < 1.29 is 9.90 Å². The summed E-state index contributed by atoms with van der Waals surface area (Å²) in [5.41, 5.74) is 1.11. The van der Waals surface area contributed by atoms with Crippen molar-refractivity contribution in [3.63, 3.8) is 0 Å². The van der Waals surface area contributed by atoms with Gasteiger partial charge in [-0.1, -0.05) is 6.07 Å². The van der Waals surface area contributed by atoms with Crippen LogP contribution in [-0.4, -0.2) is 32.4 Å². The molecule has 6 heteroatoms. The summed E-state index contributed by atoms with van der Waals surface area (Å²) in [6, 6.07) is 8.05. The Morgan fingerprint density at radius 1 is 1.29 bits per heavy atom. The monoisotopic (exact) mass is 281 g/mol. The van der Waals surface area contributed by atoms with E-state index in [0.717, 1.165) is 0 Å². The molecule has 0 aliphatic rings. The first-order valence-corrected chi connectivity index (χ1v) is 6.27. The molecule has 2 aromatic heterocycles. The Labute approximate surface area is 119 Å². The number of ketones is 1. The lowest BCUT2D eigenvalue weighted by atomic mass is 10.1. The highest BCUT2D eigenvalue weighted by atomic mass is 16.3. The van der Waals surface area contributed by atoms with Gasteiger partial charge in [0, 0.05) is 23.5 Å². The number of pyridine rings is 1. The molecule has 0 saturated carbocycles. The minimum atomic E-state index is -0.579. The molecule has 0 aliphatic carbocycles. The first-order valence-electron chi connectivity index (χ1n) is 6.27. The quantitative estimate of drug-likeness (QED) is 0.702. The molecule has 1 aromatic carbocycles. The summed E-state index contributed by atoms with van der Waals surface area (Å²) >= 11 is 0. The van der Waals surface area contributed by atoms with Crippen LogP contribution in [0.5, 0.6) is 0 Å². The van der Waals surface area contributed by atoms with Gasteiger partial charge in [0.2, 0.25) is 0 Å². The molecule has 0 radical (unpaired) electrons. The molecule has 21 heavy (non-hydrogen) atoms. The Balaban J connectivity index is 2.22. The van der Waals surface area contributed by atoms with Crippen LogP contribution in [0.25, 0.3) is 22.3 Å². The zero-order valence-corrected chi connectivity index (χ0v) is 10.9. The van der Waals surface area contributed by atoms with Gasteiger partial charge >= 0.3 is 0 Å². The Morgan fingerprint density at radius 3 is 2.86 bits per heavy atom. The molecule has 0 unspecified atom stereocenters. The minimum Gasteiger partial charge on any atom is -0.388 e. The predicted molar refractivity (Wildman–Crippen MR) is 77.0 cm³/mol. The van der Waals surface area contributed by atoms with E-state index in [4.69, 9.17) is 5.11 Å². The Morgan fingerprint density at radius 2 is 2.14 bits per heavy atom. The first kappa shape index (κ1) is 13.1. The third kappa shape index (κ3) is 2.44. The Kier molecular flexibility index (Phi) is 3.29. The van der Waals surface area contributed by atoms with Crippen LogP contribution >= 0.6 is 0 Å². The van der Waals surface area contributed by atoms with Crippen LogP contribution in [0, 0.1) is 0 Å². The molecule has 0 atom stereocenters. The van der Waals surface area contributed by atoms with Crippen molar-refractivity contribution in [1.29, 1.82) is 0 Å². The summed E-state index contributed by atoms with van der Waals surface area (Å²) < 4.78 is 0. The average molecular weight is 281 g/mol. The van der Waals surface area contributed by atoms with E-state index in [-0.39, 0.29) is 5.56 Å². The second-order valence-electron chi connectivity index (χ2n) is 4.47. The Hall–Kier alpha value is -2.86. The molecule has 6 nitrogen and oxygen atoms in total. The number of Topliss-reactive ketones (excluding diaryl/α,β-unsaturated/α-hetero) is 1. The highest BCUT2D eigenvalue weighted by Crippen LogP contribution is 2.16. The topological polar surface area (TPSA) is 95.9 Å². The molecule has 3 aromatic rings. The molecule has 0 saturated heterocycles. The van der Waals surface area contributed by atoms with E-state index in [1.807, 2.05) is 0 Å². The number of benzene rings is 1. The van der Waals surface area contributed by atoms with E-state index in [0.29, 0.717) is 27.9 Å². The number of fused-ring (bicyclic) bond motifs is 1. The molecule has 0 bridgehead atoms. The maximum Gasteiger partial charge on any atom is 0.259 e. The van der Waals surface area contributed by atoms with Crippen molar-refractivity contribution in [1.82, 2.24) is 15.0 Å². The van der Waals surface area contributed by atoms with Gasteiger partial charge in [-0.25, -0.2) is 4.98 Å². The number of aromatic amines is 1. The second-order valence-corrected chi connectivity index (χ2v) is 4.47. The summed E-state index contributed by atoms with van der Waals surface area (Å²) in [5.74, 6) is -0.0314. The number of rotatable bonds is 3. The largest absolute Gasteiger partial charge is 0.388 e. The molecule has 2 heterocycles. The molecule has 2 N–H and O–H groups in total. The number of nitrogens with zero attached hydrogens (tertiary/aromatic N) is 2. The average Bonchev–Trinajstić information content (AvgIpc) is 2.54. The molecule has 104 valence electrons. The van der Waals surface area contributed by atoms with Gasteiger partial charge in [0.05, 0.1) is 10.9 Å². The summed E-state index contributed by atoms with van der Waals surface area (Å²) in [5, 5.41) is 9.29. The maximum atomic E-state index is 12.1. The number of nitrogens with one attached hydrogen (secondary N) is 1. The summed E-state index contributed by atoms with van der Waals surface area (Å²) in [4.78, 5) is 34.6. The van der Waals surface area contributed by atoms with Crippen LogP contribution in [0.15, 0.2) is 47.5 Å². The summed E-state index contributed by atoms with van der Waals surface area (Å²) in [6.45, 7) is -0.579. The molecule has 3 rings (SSSR count). The molecule has 0 aliphatic heterocycles. The number of aliphatic hydroxyl groups excluding tert-OH is 1. The van der Waals surface area contributed by atoms with E-state index in [1.54, 1.807) is 24.5 Å². The van der Waals surface area contributed by atoms with E-state index < -0.39 is 12.4 Å². The van der Waals surface area contributed by atoms with Crippen molar-refractivity contribution in [3.05, 3.63) is 58.6 Å². The van der Waals surface area contributed by atoms with E-state index >= 15 is 0 Å². The van der Waals surface area contributed by atoms with Crippen LogP contribution in [0.2, 0.25) is 0 Å². The van der Waals surface area contributed by atoms with Gasteiger partial charge in [-0.2, -0.15) is 0 Å². The molecular weight excluding hydrogens is 270 g/mol. The van der Waals surface area contributed by atoms with Crippen LogP contribution in [0.3, 0.4) is 0 Å². The SMILES string of the molecule is O=C(CO)c1ccc2c(=O)[nH]c(-c3cccnc3)nc2c1. The van der Waals surface area contributed by atoms with Crippen molar-refractivity contribution in [3.8, 4) is 11.4 Å². The van der Waals surface area contributed by atoms with Crippen LogP contribution < -0.4 is 5.56 Å². The fraction of sp³-hybridized carbons (Fsp3) is 0.0667. The zero-order chi connectivity index (χ0) is 14.8. The van der Waals surface area contributed by atoms with Gasteiger partial charge < -0.3 is 10.1 Å². The van der Waals surface area contributed by atoms with E-state index in [1.165, 1.54) is 18.2 Å². The fourth-order valence-electron chi connectivity index (χ4n) is 2.04. The van der Waals surface area contributed by atoms with Crippen molar-refractivity contribution >= 4 is 16.7 Å². The van der Waals surface area contributed by atoms with Gasteiger partial charge in [0.15, 0.2) is 5.78 Å². The van der Waals surface area contributed by atoms with E-state index in [2.05, 4.69) is 15.0 Å². The third-order valence-corrected chi connectivity index (χ3v) is 3.11.